The smallest absolute Gasteiger partial charge is 0.383 e. The Balaban J connectivity index is 1.30. The van der Waals surface area contributed by atoms with Crippen LogP contribution in [0.15, 0.2) is 35.1 Å². The fourth-order valence-electron chi connectivity index (χ4n) is 4.25. The van der Waals surface area contributed by atoms with Crippen LogP contribution in [0.5, 0.6) is 0 Å². The van der Waals surface area contributed by atoms with Gasteiger partial charge >= 0.3 is 12.2 Å². The molecule has 1 fully saturated rings. The molecule has 0 radical (unpaired) electrons. The third kappa shape index (κ3) is 5.88. The first-order valence-electron chi connectivity index (χ1n) is 12.7. The molecular weight excluding hydrogens is 564 g/mol. The minimum atomic E-state index is -4.48. The zero-order chi connectivity index (χ0) is 29.6. The van der Waals surface area contributed by atoms with Crippen LogP contribution in [-0.4, -0.2) is 51.8 Å². The molecule has 1 aliphatic rings. The van der Waals surface area contributed by atoms with Crippen molar-refractivity contribution in [2.45, 2.75) is 56.8 Å². The molecular formula is C25H28F4N8O3Si. The predicted octanol–water partition coefficient (Wildman–Crippen LogP) is 5.75. The predicted molar refractivity (Wildman–Crippen MR) is 145 cm³/mol. The number of anilines is 3. The first kappa shape index (κ1) is 28.5. The molecule has 11 nitrogen and oxygen atoms in total. The molecule has 16 heteroatoms. The van der Waals surface area contributed by atoms with Gasteiger partial charge in [-0.05, 0) is 31.0 Å². The molecule has 1 saturated carbocycles. The van der Waals surface area contributed by atoms with Crippen molar-refractivity contribution in [1.29, 1.82) is 0 Å². The maximum Gasteiger partial charge on any atom is 0.400 e. The number of nitrogens with two attached hydrogens (primary N) is 1. The van der Waals surface area contributed by atoms with E-state index in [1.165, 1.54) is 23.1 Å². The number of hydrogen-bond acceptors (Lipinski definition) is 8. The van der Waals surface area contributed by atoms with Crippen LogP contribution in [0.25, 0.3) is 22.3 Å². The summed E-state index contributed by atoms with van der Waals surface area (Å²) < 4.78 is 67.2. The van der Waals surface area contributed by atoms with E-state index >= 15 is 4.39 Å². The number of halogens is 4. The Kier molecular flexibility index (Phi) is 7.23. The average molecular weight is 593 g/mol. The minimum Gasteiger partial charge on any atom is -0.383 e. The Bertz CT molecular complexity index is 1590. The van der Waals surface area contributed by atoms with Gasteiger partial charge in [-0.3, -0.25) is 5.32 Å². The second kappa shape index (κ2) is 10.4. The maximum atomic E-state index is 15.1. The topological polar surface area (TPSA) is 146 Å². The minimum absolute atomic E-state index is 0.108. The number of nitrogens with one attached hydrogen (secondary N) is 2. The highest BCUT2D eigenvalue weighted by atomic mass is 28.3. The highest BCUT2D eigenvalue weighted by molar-refractivity contribution is 6.76. The number of nitrogens with zero attached hydrogens (tertiary/aromatic N) is 5. The lowest BCUT2D eigenvalue weighted by Gasteiger charge is -2.15. The van der Waals surface area contributed by atoms with Crippen molar-refractivity contribution in [3.63, 3.8) is 0 Å². The largest absolute Gasteiger partial charge is 0.400 e. The molecule has 0 bridgehead atoms. The standard InChI is InChI=1S/C25H28F4N8O3Si/c1-41(2,3)9-8-39-13-37-22-19(21(30)31-12-32-22)20(35-37)14-4-5-16(15(26)10-14)33-23(38)34-18-11-17(36-40-18)24(6-7-24)25(27,28)29/h4-5,10-12H,6-9,13H2,1-3H3,(H2,30,31,32)(H2,33,34,38). The van der Waals surface area contributed by atoms with E-state index in [2.05, 4.69) is 50.5 Å². The van der Waals surface area contributed by atoms with Crippen molar-refractivity contribution in [3.05, 3.63) is 42.1 Å². The number of ether oxygens (including phenoxy) is 1. The van der Waals surface area contributed by atoms with Crippen LogP contribution in [0, 0.1) is 5.82 Å². The number of rotatable bonds is 9. The number of alkyl halides is 3. The first-order valence-corrected chi connectivity index (χ1v) is 16.4. The Morgan fingerprint density at radius 1 is 1.20 bits per heavy atom. The Morgan fingerprint density at radius 3 is 2.61 bits per heavy atom. The van der Waals surface area contributed by atoms with Gasteiger partial charge < -0.3 is 20.3 Å². The monoisotopic (exact) mass is 592 g/mol. The van der Waals surface area contributed by atoms with Gasteiger partial charge in [-0.1, -0.05) is 30.9 Å². The Labute approximate surface area is 232 Å². The van der Waals surface area contributed by atoms with Gasteiger partial charge in [-0.15, -0.1) is 0 Å². The van der Waals surface area contributed by atoms with Crippen LogP contribution in [0.1, 0.15) is 18.5 Å². The summed E-state index contributed by atoms with van der Waals surface area (Å²) in [6.45, 7) is 7.41. The summed E-state index contributed by atoms with van der Waals surface area (Å²) in [5, 5.41) is 13.0. The van der Waals surface area contributed by atoms with E-state index in [0.717, 1.165) is 18.2 Å². The number of hydrogen-bond donors (Lipinski definition) is 3. The molecule has 1 aromatic carbocycles. The second-order valence-corrected chi connectivity index (χ2v) is 16.7. The van der Waals surface area contributed by atoms with Gasteiger partial charge in [-0.25, -0.2) is 23.8 Å². The quantitative estimate of drug-likeness (QED) is 0.126. The third-order valence-electron chi connectivity index (χ3n) is 6.79. The second-order valence-electron chi connectivity index (χ2n) is 11.1. The van der Waals surface area contributed by atoms with Crippen molar-refractivity contribution in [2.75, 3.05) is 23.0 Å². The van der Waals surface area contributed by atoms with E-state index in [1.807, 2.05) is 0 Å². The van der Waals surface area contributed by atoms with E-state index in [9.17, 15) is 18.0 Å². The van der Waals surface area contributed by atoms with Gasteiger partial charge in [0.15, 0.2) is 5.65 Å². The Hall–Kier alpha value is -4.05. The van der Waals surface area contributed by atoms with E-state index in [0.29, 0.717) is 28.9 Å². The molecule has 3 heterocycles. The number of nitrogen functional groups attached to an aromatic ring is 1. The molecule has 4 N–H and O–H groups in total. The number of aromatic nitrogens is 5. The molecule has 3 aromatic heterocycles. The number of amides is 2. The summed E-state index contributed by atoms with van der Waals surface area (Å²) in [6.07, 6.45) is -3.39. The number of carbonyl (C=O) groups is 1. The summed E-state index contributed by atoms with van der Waals surface area (Å²) in [5.74, 6) is -0.940. The van der Waals surface area contributed by atoms with Crippen LogP contribution >= 0.6 is 0 Å². The summed E-state index contributed by atoms with van der Waals surface area (Å²) in [6, 6.07) is 5.05. The molecule has 2 amide bonds. The number of urea groups is 1. The lowest BCUT2D eigenvalue weighted by molar-refractivity contribution is -0.161. The third-order valence-corrected chi connectivity index (χ3v) is 8.49. The summed E-state index contributed by atoms with van der Waals surface area (Å²) in [7, 11) is -1.29. The summed E-state index contributed by atoms with van der Waals surface area (Å²) in [4.78, 5) is 20.7. The molecule has 0 aliphatic heterocycles. The molecule has 1 aliphatic carbocycles. The van der Waals surface area contributed by atoms with Gasteiger partial charge in [0.25, 0.3) is 0 Å². The van der Waals surface area contributed by atoms with Crippen molar-refractivity contribution >= 4 is 42.5 Å². The fourth-order valence-corrected chi connectivity index (χ4v) is 5.01. The van der Waals surface area contributed by atoms with E-state index in [-0.39, 0.29) is 42.7 Å². The number of carbonyl (C=O) groups excluding carboxylic acids is 1. The first-order chi connectivity index (χ1) is 19.3. The van der Waals surface area contributed by atoms with E-state index in [1.54, 1.807) is 0 Å². The van der Waals surface area contributed by atoms with Crippen LogP contribution in [0.3, 0.4) is 0 Å². The van der Waals surface area contributed by atoms with Crippen molar-refractivity contribution < 1.29 is 31.6 Å². The van der Waals surface area contributed by atoms with Crippen LogP contribution in [0.2, 0.25) is 25.7 Å². The summed E-state index contributed by atoms with van der Waals surface area (Å²) in [5.41, 5.74) is 4.65. The average Bonchev–Trinajstić information content (AvgIpc) is 3.44. The summed E-state index contributed by atoms with van der Waals surface area (Å²) >= 11 is 0. The van der Waals surface area contributed by atoms with Gasteiger partial charge in [-0.2, -0.15) is 18.3 Å². The highest BCUT2D eigenvalue weighted by Gasteiger charge is 2.66. The van der Waals surface area contributed by atoms with Crippen LogP contribution in [-0.2, 0) is 16.9 Å². The van der Waals surface area contributed by atoms with Gasteiger partial charge in [0.2, 0.25) is 5.88 Å². The lowest BCUT2D eigenvalue weighted by Crippen LogP contribution is -2.28. The molecule has 218 valence electrons. The maximum absolute atomic E-state index is 15.1. The number of fused-ring (bicyclic) bond motifs is 1. The van der Waals surface area contributed by atoms with Gasteiger partial charge in [0.05, 0.1) is 11.1 Å². The molecule has 0 spiro atoms. The Morgan fingerprint density at radius 2 is 1.95 bits per heavy atom. The molecule has 0 unspecified atom stereocenters. The molecule has 41 heavy (non-hydrogen) atoms. The zero-order valence-electron chi connectivity index (χ0n) is 22.5. The zero-order valence-corrected chi connectivity index (χ0v) is 23.5. The van der Waals surface area contributed by atoms with Gasteiger partial charge in [0.1, 0.15) is 41.5 Å². The molecule has 4 aromatic rings. The van der Waals surface area contributed by atoms with Crippen molar-refractivity contribution in [2.24, 2.45) is 0 Å². The van der Waals surface area contributed by atoms with Crippen LogP contribution in [0.4, 0.5) is 39.7 Å². The van der Waals surface area contributed by atoms with Crippen molar-refractivity contribution in [1.82, 2.24) is 24.9 Å². The lowest BCUT2D eigenvalue weighted by atomic mass is 10.0. The molecule has 0 atom stereocenters. The van der Waals surface area contributed by atoms with Gasteiger partial charge in [0, 0.05) is 26.3 Å². The normalized spacial score (nSPS) is 14.8. The molecule has 0 saturated heterocycles. The van der Waals surface area contributed by atoms with E-state index in [4.69, 9.17) is 15.0 Å². The SMILES string of the molecule is C[Si](C)(C)CCOCn1nc(-c2ccc(NC(=O)Nc3cc(C4(C(F)(F)F)CC4)no3)c(F)c2)c2c(N)ncnc21. The fraction of sp³-hybridized carbons (Fsp3) is 0.400. The van der Waals surface area contributed by atoms with Crippen LogP contribution < -0.4 is 16.4 Å². The van der Waals surface area contributed by atoms with Crippen molar-refractivity contribution in [3.8, 4) is 11.3 Å². The van der Waals surface area contributed by atoms with E-state index < -0.39 is 31.5 Å². The number of benzene rings is 1. The highest BCUT2D eigenvalue weighted by Crippen LogP contribution is 2.58. The molecule has 5 rings (SSSR count).